The lowest BCUT2D eigenvalue weighted by Crippen LogP contribution is -2.44. The van der Waals surface area contributed by atoms with E-state index < -0.39 is 6.10 Å². The molecule has 1 aromatic rings. The smallest absolute Gasteiger partial charge is 0.191 e. The number of aliphatic hydroxyl groups is 1. The number of methoxy groups -OCH3 is 1. The van der Waals surface area contributed by atoms with Gasteiger partial charge in [0.1, 0.15) is 11.9 Å². The largest absolute Gasteiger partial charge is 0.467 e. The maximum atomic E-state index is 9.88. The molecule has 0 aromatic carbocycles. The van der Waals surface area contributed by atoms with Crippen molar-refractivity contribution in [2.24, 2.45) is 4.99 Å². The maximum Gasteiger partial charge on any atom is 0.191 e. The molecule has 2 atom stereocenters. The maximum absolute atomic E-state index is 9.88. The molecule has 0 saturated carbocycles. The van der Waals surface area contributed by atoms with Crippen molar-refractivity contribution in [2.75, 3.05) is 26.8 Å². The van der Waals surface area contributed by atoms with Crippen LogP contribution in [0, 0.1) is 0 Å². The summed E-state index contributed by atoms with van der Waals surface area (Å²) in [5.41, 5.74) is 0. The fraction of sp³-hybridized carbons (Fsp3) is 0.615. The number of rotatable bonds is 7. The number of guanidine groups is 1. The van der Waals surface area contributed by atoms with Gasteiger partial charge >= 0.3 is 0 Å². The quantitative estimate of drug-likeness (QED) is 0.506. The van der Waals surface area contributed by atoms with Crippen molar-refractivity contribution in [2.45, 2.75) is 26.0 Å². The Morgan fingerprint density at radius 2 is 2.37 bits per heavy atom. The van der Waals surface area contributed by atoms with Crippen molar-refractivity contribution >= 4 is 5.96 Å². The molecule has 2 unspecified atom stereocenters. The molecule has 0 radical (unpaired) electrons. The molecule has 1 aromatic heterocycles. The highest BCUT2D eigenvalue weighted by Crippen LogP contribution is 2.12. The van der Waals surface area contributed by atoms with Gasteiger partial charge in [0.15, 0.2) is 5.96 Å². The number of nitrogens with one attached hydrogen (secondary N) is 2. The standard InChI is InChI=1S/C13H23N3O3/c1-4-14-13(16-10(2)9-18-3)15-8-11(17)12-6-5-7-19-12/h5-7,10-11,17H,4,8-9H2,1-3H3,(H2,14,15,16). The first-order chi connectivity index (χ1) is 9.17. The van der Waals surface area contributed by atoms with E-state index in [0.717, 1.165) is 6.54 Å². The SMILES string of the molecule is CCNC(=NCC(O)c1ccco1)NC(C)COC. The summed E-state index contributed by atoms with van der Waals surface area (Å²) in [6, 6.07) is 3.61. The average Bonchev–Trinajstić information content (AvgIpc) is 2.90. The van der Waals surface area contributed by atoms with Crippen LogP contribution in [0.25, 0.3) is 0 Å². The molecular formula is C13H23N3O3. The predicted octanol–water partition coefficient (Wildman–Crippen LogP) is 0.903. The fourth-order valence-electron chi connectivity index (χ4n) is 1.59. The minimum atomic E-state index is -0.733. The van der Waals surface area contributed by atoms with Gasteiger partial charge in [-0.25, -0.2) is 0 Å². The van der Waals surface area contributed by atoms with E-state index in [9.17, 15) is 5.11 Å². The molecule has 0 saturated heterocycles. The third-order valence-corrected chi connectivity index (χ3v) is 2.44. The lowest BCUT2D eigenvalue weighted by atomic mass is 10.3. The summed E-state index contributed by atoms with van der Waals surface area (Å²) in [7, 11) is 1.66. The minimum absolute atomic E-state index is 0.142. The molecule has 1 heterocycles. The van der Waals surface area contributed by atoms with E-state index in [2.05, 4.69) is 15.6 Å². The van der Waals surface area contributed by atoms with Gasteiger partial charge in [-0.2, -0.15) is 0 Å². The Labute approximate surface area is 113 Å². The second-order valence-electron chi connectivity index (χ2n) is 4.25. The second kappa shape index (κ2) is 8.55. The number of aliphatic hydroxyl groups excluding tert-OH is 1. The van der Waals surface area contributed by atoms with Crippen molar-refractivity contribution in [1.29, 1.82) is 0 Å². The van der Waals surface area contributed by atoms with E-state index in [-0.39, 0.29) is 12.6 Å². The molecule has 0 amide bonds. The summed E-state index contributed by atoms with van der Waals surface area (Å²) in [4.78, 5) is 4.32. The Morgan fingerprint density at radius 1 is 1.58 bits per heavy atom. The van der Waals surface area contributed by atoms with E-state index in [1.807, 2.05) is 13.8 Å². The molecular weight excluding hydrogens is 246 g/mol. The van der Waals surface area contributed by atoms with Gasteiger partial charge < -0.3 is 24.9 Å². The van der Waals surface area contributed by atoms with Crippen LogP contribution in [0.1, 0.15) is 25.7 Å². The van der Waals surface area contributed by atoms with Crippen LogP contribution in [0.4, 0.5) is 0 Å². The molecule has 108 valence electrons. The summed E-state index contributed by atoms with van der Waals surface area (Å²) < 4.78 is 10.2. The van der Waals surface area contributed by atoms with Gasteiger partial charge in [0.2, 0.25) is 0 Å². The predicted molar refractivity (Wildman–Crippen MR) is 74.1 cm³/mol. The zero-order chi connectivity index (χ0) is 14.1. The van der Waals surface area contributed by atoms with Gasteiger partial charge in [0.25, 0.3) is 0 Å². The van der Waals surface area contributed by atoms with Gasteiger partial charge in [0.05, 0.1) is 19.4 Å². The molecule has 0 aliphatic heterocycles. The highest BCUT2D eigenvalue weighted by atomic mass is 16.5. The molecule has 0 fully saturated rings. The van der Waals surface area contributed by atoms with Crippen molar-refractivity contribution < 1.29 is 14.3 Å². The van der Waals surface area contributed by atoms with Gasteiger partial charge in [0, 0.05) is 19.7 Å². The van der Waals surface area contributed by atoms with Crippen LogP contribution in [0.3, 0.4) is 0 Å². The van der Waals surface area contributed by atoms with Crippen LogP contribution in [-0.4, -0.2) is 43.9 Å². The molecule has 0 aliphatic rings. The van der Waals surface area contributed by atoms with Crippen LogP contribution in [0.2, 0.25) is 0 Å². The van der Waals surface area contributed by atoms with E-state index in [4.69, 9.17) is 9.15 Å². The normalized spacial score (nSPS) is 15.1. The van der Waals surface area contributed by atoms with Crippen molar-refractivity contribution in [1.82, 2.24) is 10.6 Å². The molecule has 19 heavy (non-hydrogen) atoms. The lowest BCUT2D eigenvalue weighted by Gasteiger charge is -2.17. The number of hydrogen-bond acceptors (Lipinski definition) is 4. The molecule has 6 heteroatoms. The van der Waals surface area contributed by atoms with E-state index in [0.29, 0.717) is 18.3 Å². The molecule has 0 spiro atoms. The van der Waals surface area contributed by atoms with Crippen molar-refractivity contribution in [3.8, 4) is 0 Å². The summed E-state index contributed by atoms with van der Waals surface area (Å²) in [6.45, 7) is 5.57. The average molecular weight is 269 g/mol. The highest BCUT2D eigenvalue weighted by Gasteiger charge is 2.10. The van der Waals surface area contributed by atoms with Crippen LogP contribution >= 0.6 is 0 Å². The molecule has 1 rings (SSSR count). The monoisotopic (exact) mass is 269 g/mol. The zero-order valence-electron chi connectivity index (χ0n) is 11.7. The Morgan fingerprint density at radius 3 is 2.95 bits per heavy atom. The third-order valence-electron chi connectivity index (χ3n) is 2.44. The van der Waals surface area contributed by atoms with E-state index >= 15 is 0 Å². The Kier molecular flexibility index (Phi) is 6.99. The van der Waals surface area contributed by atoms with Gasteiger partial charge in [-0.05, 0) is 26.0 Å². The minimum Gasteiger partial charge on any atom is -0.467 e. The summed E-state index contributed by atoms with van der Waals surface area (Å²) in [6.07, 6.45) is 0.801. The second-order valence-corrected chi connectivity index (χ2v) is 4.25. The van der Waals surface area contributed by atoms with Crippen molar-refractivity contribution in [3.63, 3.8) is 0 Å². The Balaban J connectivity index is 2.52. The lowest BCUT2D eigenvalue weighted by molar-refractivity contribution is 0.158. The van der Waals surface area contributed by atoms with Crippen LogP contribution in [0.15, 0.2) is 27.8 Å². The molecule has 6 nitrogen and oxygen atoms in total. The van der Waals surface area contributed by atoms with E-state index in [1.54, 1.807) is 19.2 Å². The van der Waals surface area contributed by atoms with Gasteiger partial charge in [-0.3, -0.25) is 4.99 Å². The number of furan rings is 1. The number of hydrogen-bond donors (Lipinski definition) is 3. The highest BCUT2D eigenvalue weighted by molar-refractivity contribution is 5.80. The number of aliphatic imine (C=N–C) groups is 1. The van der Waals surface area contributed by atoms with Gasteiger partial charge in [-0.15, -0.1) is 0 Å². The summed E-state index contributed by atoms with van der Waals surface area (Å²) >= 11 is 0. The van der Waals surface area contributed by atoms with E-state index in [1.165, 1.54) is 6.26 Å². The van der Waals surface area contributed by atoms with Gasteiger partial charge in [-0.1, -0.05) is 0 Å². The first-order valence-corrected chi connectivity index (χ1v) is 6.42. The zero-order valence-corrected chi connectivity index (χ0v) is 11.7. The van der Waals surface area contributed by atoms with Crippen molar-refractivity contribution in [3.05, 3.63) is 24.2 Å². The van der Waals surface area contributed by atoms with Crippen LogP contribution in [-0.2, 0) is 4.74 Å². The molecule has 0 aliphatic carbocycles. The Bertz CT molecular complexity index is 365. The summed E-state index contributed by atoms with van der Waals surface area (Å²) in [5.74, 6) is 1.17. The third kappa shape index (κ3) is 5.76. The summed E-state index contributed by atoms with van der Waals surface area (Å²) in [5, 5.41) is 16.2. The number of nitrogens with zero attached hydrogens (tertiary/aromatic N) is 1. The first kappa shape index (κ1) is 15.5. The first-order valence-electron chi connectivity index (χ1n) is 6.42. The number of ether oxygens (including phenoxy) is 1. The Hall–Kier alpha value is -1.53. The topological polar surface area (TPSA) is 79.0 Å². The molecule has 3 N–H and O–H groups in total. The molecule has 0 bridgehead atoms. The van der Waals surface area contributed by atoms with Crippen LogP contribution < -0.4 is 10.6 Å². The van der Waals surface area contributed by atoms with Crippen LogP contribution in [0.5, 0.6) is 0 Å². The fourth-order valence-corrected chi connectivity index (χ4v) is 1.59.